The van der Waals surface area contributed by atoms with Gasteiger partial charge in [-0.1, -0.05) is 58.1 Å². The van der Waals surface area contributed by atoms with Gasteiger partial charge in [0.1, 0.15) is 0 Å². The Labute approximate surface area is 161 Å². The van der Waals surface area contributed by atoms with Gasteiger partial charge >= 0.3 is 0 Å². The quantitative estimate of drug-likeness (QED) is 0.464. The van der Waals surface area contributed by atoms with Gasteiger partial charge in [-0.25, -0.2) is 0 Å². The van der Waals surface area contributed by atoms with E-state index in [2.05, 4.69) is 64.3 Å². The fraction of sp³-hybridized carbons (Fsp3) is 0.609. The lowest BCUT2D eigenvalue weighted by molar-refractivity contribution is 0.333. The molecule has 2 rings (SSSR count). The molecule has 0 saturated carbocycles. The Kier molecular flexibility index (Phi) is 12.4. The molecule has 25 heavy (non-hydrogen) atoms. The fourth-order valence-corrected chi connectivity index (χ4v) is 4.55. The third-order valence-electron chi connectivity index (χ3n) is 4.96. The summed E-state index contributed by atoms with van der Waals surface area (Å²) in [6.07, 6.45) is 16.5. The molecule has 1 aliphatic heterocycles. The summed E-state index contributed by atoms with van der Waals surface area (Å²) in [6.45, 7) is 16.4. The normalized spacial score (nSPS) is 24.8. The predicted molar refractivity (Wildman–Crippen MR) is 116 cm³/mol. The zero-order valence-corrected chi connectivity index (χ0v) is 18.0. The molecule has 1 unspecified atom stereocenters. The SMILES string of the molecule is C=C/C(CCCC)=C(C)\C=C/C.CC#N.CC1SC2=CCCC[C@]21C. The van der Waals surface area contributed by atoms with Crippen molar-refractivity contribution in [1.29, 1.82) is 5.26 Å². The summed E-state index contributed by atoms with van der Waals surface area (Å²) < 4.78 is 0. The maximum atomic E-state index is 7.32. The van der Waals surface area contributed by atoms with Crippen LogP contribution in [-0.4, -0.2) is 5.25 Å². The van der Waals surface area contributed by atoms with Crippen molar-refractivity contribution in [3.05, 3.63) is 46.9 Å². The number of hydrogen-bond donors (Lipinski definition) is 0. The number of allylic oxidation sites excluding steroid dienone is 7. The minimum atomic E-state index is 0.600. The summed E-state index contributed by atoms with van der Waals surface area (Å²) >= 11 is 2.07. The highest BCUT2D eigenvalue weighted by atomic mass is 32.2. The van der Waals surface area contributed by atoms with Crippen LogP contribution in [0.2, 0.25) is 0 Å². The van der Waals surface area contributed by atoms with Gasteiger partial charge in [0.15, 0.2) is 0 Å². The fourth-order valence-electron chi connectivity index (χ4n) is 3.09. The van der Waals surface area contributed by atoms with E-state index in [0.717, 1.165) is 11.7 Å². The van der Waals surface area contributed by atoms with E-state index in [1.807, 2.05) is 13.0 Å². The molecule has 1 aliphatic carbocycles. The van der Waals surface area contributed by atoms with Gasteiger partial charge in [-0.3, -0.25) is 0 Å². The van der Waals surface area contributed by atoms with Crippen molar-refractivity contribution in [1.82, 2.24) is 0 Å². The first-order valence-electron chi connectivity index (χ1n) is 9.54. The van der Waals surface area contributed by atoms with Gasteiger partial charge in [-0.2, -0.15) is 5.26 Å². The summed E-state index contributed by atoms with van der Waals surface area (Å²) in [5, 5.41) is 8.19. The Bertz CT molecular complexity index is 533. The number of nitriles is 1. The highest BCUT2D eigenvalue weighted by Crippen LogP contribution is 2.60. The average Bonchev–Trinajstić information content (AvgIpc) is 2.59. The van der Waals surface area contributed by atoms with Gasteiger partial charge in [0.2, 0.25) is 0 Å². The smallest absolute Gasteiger partial charge is 0.0587 e. The topological polar surface area (TPSA) is 23.8 Å². The number of unbranched alkanes of at least 4 members (excludes halogenated alkanes) is 1. The minimum Gasteiger partial charge on any atom is -0.199 e. The first-order valence-corrected chi connectivity index (χ1v) is 10.4. The van der Waals surface area contributed by atoms with Crippen molar-refractivity contribution in [2.45, 2.75) is 85.3 Å². The Morgan fingerprint density at radius 1 is 1.52 bits per heavy atom. The van der Waals surface area contributed by atoms with Crippen molar-refractivity contribution in [3.63, 3.8) is 0 Å². The van der Waals surface area contributed by atoms with Crippen LogP contribution >= 0.6 is 11.8 Å². The maximum Gasteiger partial charge on any atom is 0.0587 e. The van der Waals surface area contributed by atoms with Crippen molar-refractivity contribution in [2.24, 2.45) is 5.41 Å². The van der Waals surface area contributed by atoms with Crippen molar-refractivity contribution in [2.75, 3.05) is 0 Å². The Hall–Kier alpha value is -1.20. The van der Waals surface area contributed by atoms with E-state index in [1.54, 1.807) is 11.0 Å². The van der Waals surface area contributed by atoms with E-state index in [9.17, 15) is 0 Å². The van der Waals surface area contributed by atoms with Crippen molar-refractivity contribution in [3.8, 4) is 6.07 Å². The molecular formula is C23H37NS. The van der Waals surface area contributed by atoms with Gasteiger partial charge in [-0.05, 0) is 62.0 Å². The predicted octanol–water partition coefficient (Wildman–Crippen LogP) is 7.98. The number of fused-ring (bicyclic) bond motifs is 1. The molecular weight excluding hydrogens is 322 g/mol. The molecule has 2 atom stereocenters. The van der Waals surface area contributed by atoms with E-state index in [4.69, 9.17) is 5.26 Å². The summed E-state index contributed by atoms with van der Waals surface area (Å²) in [7, 11) is 0. The summed E-state index contributed by atoms with van der Waals surface area (Å²) in [5.41, 5.74) is 3.33. The molecule has 0 aromatic heterocycles. The first-order chi connectivity index (χ1) is 11.9. The van der Waals surface area contributed by atoms with Crippen LogP contribution in [0.3, 0.4) is 0 Å². The lowest BCUT2D eigenvalue weighted by Crippen LogP contribution is -2.39. The summed E-state index contributed by atoms with van der Waals surface area (Å²) in [5.74, 6) is 0. The van der Waals surface area contributed by atoms with Crippen LogP contribution in [0.15, 0.2) is 46.9 Å². The molecule has 1 nitrogen and oxygen atoms in total. The van der Waals surface area contributed by atoms with E-state index < -0.39 is 0 Å². The molecule has 0 bridgehead atoms. The first kappa shape index (κ1) is 23.8. The van der Waals surface area contributed by atoms with E-state index in [-0.39, 0.29) is 0 Å². The Morgan fingerprint density at radius 3 is 2.56 bits per heavy atom. The number of hydrogen-bond acceptors (Lipinski definition) is 2. The van der Waals surface area contributed by atoms with Crippen molar-refractivity contribution < 1.29 is 0 Å². The van der Waals surface area contributed by atoms with Crippen LogP contribution in [0.25, 0.3) is 0 Å². The van der Waals surface area contributed by atoms with Gasteiger partial charge in [0.05, 0.1) is 6.07 Å². The number of thioether (sulfide) groups is 1. The van der Waals surface area contributed by atoms with Gasteiger partial charge in [0.25, 0.3) is 0 Å². The zero-order valence-electron chi connectivity index (χ0n) is 17.2. The van der Waals surface area contributed by atoms with Crippen LogP contribution in [0.4, 0.5) is 0 Å². The molecule has 1 heterocycles. The molecule has 2 heteroatoms. The van der Waals surface area contributed by atoms with Crippen LogP contribution in [0, 0.1) is 16.7 Å². The maximum absolute atomic E-state index is 7.32. The highest BCUT2D eigenvalue weighted by molar-refractivity contribution is 8.05. The summed E-state index contributed by atoms with van der Waals surface area (Å²) in [4.78, 5) is 1.67. The molecule has 0 aromatic carbocycles. The minimum absolute atomic E-state index is 0.600. The third kappa shape index (κ3) is 7.70. The van der Waals surface area contributed by atoms with Gasteiger partial charge < -0.3 is 0 Å². The molecule has 140 valence electrons. The van der Waals surface area contributed by atoms with Gasteiger partial charge in [0, 0.05) is 17.6 Å². The second-order valence-corrected chi connectivity index (χ2v) is 8.26. The van der Waals surface area contributed by atoms with Crippen LogP contribution < -0.4 is 0 Å². The van der Waals surface area contributed by atoms with Crippen LogP contribution in [-0.2, 0) is 0 Å². The molecule has 0 spiro atoms. The molecule has 1 fully saturated rings. The molecule has 0 radical (unpaired) electrons. The van der Waals surface area contributed by atoms with E-state index >= 15 is 0 Å². The average molecular weight is 360 g/mol. The molecule has 0 N–H and O–H groups in total. The lowest BCUT2D eigenvalue weighted by Gasteiger charge is -2.49. The Balaban J connectivity index is 0.000000401. The lowest BCUT2D eigenvalue weighted by atomic mass is 9.77. The second kappa shape index (κ2) is 13.1. The summed E-state index contributed by atoms with van der Waals surface area (Å²) in [6, 6.07) is 1.75. The standard InChI is InChI=1S/C12H20.C9H14S.C2H3N/c1-5-8-10-12(7-3)11(4)9-6-2;1-7-9(2)6-4-3-5-8(9)10-7;1-2-3/h6-7,9H,3,5,8,10H2,1-2,4H3;5,7H,3-4,6H2,1-2H3;1H3/b9-6-,12-11+;;/t;7?,9-;/m.0./s1. The number of nitrogens with zero attached hydrogens (tertiary/aromatic N) is 1. The largest absolute Gasteiger partial charge is 0.199 e. The van der Waals surface area contributed by atoms with Crippen LogP contribution in [0.5, 0.6) is 0 Å². The third-order valence-corrected chi connectivity index (χ3v) is 6.72. The van der Waals surface area contributed by atoms with E-state index in [1.165, 1.54) is 50.2 Å². The second-order valence-electron chi connectivity index (χ2n) is 6.88. The zero-order chi connectivity index (χ0) is 19.3. The monoisotopic (exact) mass is 359 g/mol. The van der Waals surface area contributed by atoms with Gasteiger partial charge in [-0.15, -0.1) is 11.8 Å². The van der Waals surface area contributed by atoms with E-state index in [0.29, 0.717) is 5.41 Å². The molecule has 0 aromatic rings. The molecule has 2 aliphatic rings. The Morgan fingerprint density at radius 2 is 2.16 bits per heavy atom. The highest BCUT2D eigenvalue weighted by Gasteiger charge is 2.45. The number of rotatable bonds is 5. The van der Waals surface area contributed by atoms with Crippen molar-refractivity contribution >= 4 is 11.8 Å². The van der Waals surface area contributed by atoms with Crippen LogP contribution in [0.1, 0.15) is 80.1 Å². The molecule has 0 amide bonds. The molecule has 1 saturated heterocycles.